The van der Waals surface area contributed by atoms with Crippen molar-refractivity contribution < 1.29 is 32.7 Å². The van der Waals surface area contributed by atoms with Crippen molar-refractivity contribution in [1.29, 1.82) is 0 Å². The molecule has 0 saturated heterocycles. The second kappa shape index (κ2) is 4.01. The van der Waals surface area contributed by atoms with E-state index < -0.39 is 0 Å². The number of hydrogen-bond acceptors (Lipinski definition) is 0. The summed E-state index contributed by atoms with van der Waals surface area (Å²) in [4.78, 5) is 2.87. The predicted octanol–water partition coefficient (Wildman–Crippen LogP) is 1.73. The van der Waals surface area contributed by atoms with Gasteiger partial charge in [0.05, 0.1) is 0 Å². The Labute approximate surface area is 87.7 Å². The molecular formula is C5H5INY-. The van der Waals surface area contributed by atoms with Crippen molar-refractivity contribution >= 4 is 22.6 Å². The molecule has 41 valence electrons. The summed E-state index contributed by atoms with van der Waals surface area (Å²) in [6.45, 7) is 2.03. The number of aryl methyl sites for hydroxylation is 1. The minimum absolute atomic E-state index is 0. The molecule has 0 saturated carbocycles. The molecule has 1 radical (unpaired) electrons. The topological polar surface area (TPSA) is 15.8 Å². The molecule has 1 aromatic heterocycles. The van der Waals surface area contributed by atoms with Crippen molar-refractivity contribution in [3.63, 3.8) is 0 Å². The number of hydrogen-bond donors (Lipinski definition) is 1. The van der Waals surface area contributed by atoms with Crippen molar-refractivity contribution in [2.45, 2.75) is 6.92 Å². The Morgan fingerprint density at radius 2 is 2.38 bits per heavy atom. The molecule has 0 atom stereocenters. The third-order valence-electron chi connectivity index (χ3n) is 0.817. The summed E-state index contributed by atoms with van der Waals surface area (Å²) in [7, 11) is 0. The summed E-state index contributed by atoms with van der Waals surface area (Å²) in [5.74, 6) is 0. The zero-order valence-electron chi connectivity index (χ0n) is 4.53. The second-order valence-corrected chi connectivity index (χ2v) is 2.55. The first-order valence-corrected chi connectivity index (χ1v) is 3.10. The predicted molar refractivity (Wildman–Crippen MR) is 37.1 cm³/mol. The fourth-order valence-electron chi connectivity index (χ4n) is 0.376. The quantitative estimate of drug-likeness (QED) is 0.554. The molecule has 3 heteroatoms. The summed E-state index contributed by atoms with van der Waals surface area (Å²) in [5.41, 5.74) is 1.20. The van der Waals surface area contributed by atoms with Gasteiger partial charge in [-0.05, 0) is 0 Å². The van der Waals surface area contributed by atoms with E-state index in [0.717, 1.165) is 0 Å². The van der Waals surface area contributed by atoms with E-state index >= 15 is 0 Å². The van der Waals surface area contributed by atoms with Gasteiger partial charge in [-0.15, -0.1) is 44.1 Å². The van der Waals surface area contributed by atoms with E-state index in [2.05, 4.69) is 33.8 Å². The van der Waals surface area contributed by atoms with Gasteiger partial charge in [0, 0.05) is 32.7 Å². The second-order valence-electron chi connectivity index (χ2n) is 1.39. The third kappa shape index (κ3) is 2.15. The molecule has 0 aliphatic heterocycles. The summed E-state index contributed by atoms with van der Waals surface area (Å²) in [6, 6.07) is 0. The Bertz CT molecular complexity index is 145. The van der Waals surface area contributed by atoms with Crippen LogP contribution in [-0.2, 0) is 32.7 Å². The standard InChI is InChI=1S/C5H5IN.Y/c1-4-2-7-3-5(4)6;/h3,7H,1H3;/q-1;. The number of rotatable bonds is 0. The first-order chi connectivity index (χ1) is 3.30. The van der Waals surface area contributed by atoms with E-state index in [0.29, 0.717) is 0 Å². The first-order valence-electron chi connectivity index (χ1n) is 2.02. The van der Waals surface area contributed by atoms with Crippen molar-refractivity contribution in [2.24, 2.45) is 0 Å². The number of halogens is 1. The fraction of sp³-hybridized carbons (Fsp3) is 0.200. The SMILES string of the molecule is Cc1[c-][nH]cc1I.[Y]. The Balaban J connectivity index is 0.000000490. The summed E-state index contributed by atoms with van der Waals surface area (Å²) in [6.07, 6.45) is 4.86. The molecule has 1 N–H and O–H groups in total. The van der Waals surface area contributed by atoms with Crippen LogP contribution in [-0.4, -0.2) is 4.98 Å². The van der Waals surface area contributed by atoms with Crippen LogP contribution in [0.15, 0.2) is 6.20 Å². The third-order valence-corrected chi connectivity index (χ3v) is 1.94. The smallest absolute Gasteiger partial charge is 0 e. The van der Waals surface area contributed by atoms with Crippen molar-refractivity contribution in [3.8, 4) is 0 Å². The fourth-order valence-corrected chi connectivity index (χ4v) is 0.666. The van der Waals surface area contributed by atoms with Gasteiger partial charge in [0.25, 0.3) is 0 Å². The Kier molecular flexibility index (Phi) is 4.57. The molecule has 1 nitrogen and oxygen atoms in total. The molecular weight excluding hydrogens is 290 g/mol. The minimum atomic E-state index is 0. The van der Waals surface area contributed by atoms with Gasteiger partial charge in [-0.25, -0.2) is 0 Å². The number of nitrogens with one attached hydrogen (secondary N) is 1. The molecule has 1 heterocycles. The summed E-state index contributed by atoms with van der Waals surface area (Å²) in [5, 5.41) is 0. The molecule has 1 rings (SSSR count). The molecule has 1 aromatic rings. The average Bonchev–Trinajstić information content (AvgIpc) is 1.91. The van der Waals surface area contributed by atoms with Crippen LogP contribution in [0.3, 0.4) is 0 Å². The number of H-pyrrole nitrogens is 1. The zero-order chi connectivity index (χ0) is 5.28. The van der Waals surface area contributed by atoms with Crippen LogP contribution in [0.2, 0.25) is 0 Å². The van der Waals surface area contributed by atoms with E-state index in [9.17, 15) is 0 Å². The van der Waals surface area contributed by atoms with Gasteiger partial charge < -0.3 is 4.98 Å². The maximum Gasteiger partial charge on any atom is 0 e. The van der Waals surface area contributed by atoms with E-state index in [4.69, 9.17) is 0 Å². The largest absolute Gasteiger partial charge is 0.483 e. The van der Waals surface area contributed by atoms with E-state index in [1.807, 2.05) is 13.1 Å². The first kappa shape index (κ1) is 9.11. The Morgan fingerprint density at radius 1 is 1.75 bits per heavy atom. The molecule has 0 unspecified atom stereocenters. The molecule has 0 aliphatic carbocycles. The van der Waals surface area contributed by atoms with Crippen LogP contribution in [0.4, 0.5) is 0 Å². The monoisotopic (exact) mass is 295 g/mol. The number of aromatic nitrogens is 1. The normalized spacial score (nSPS) is 8.25. The van der Waals surface area contributed by atoms with Crippen LogP contribution in [0.5, 0.6) is 0 Å². The van der Waals surface area contributed by atoms with Gasteiger partial charge in [0.2, 0.25) is 0 Å². The number of aromatic amines is 1. The molecule has 8 heavy (non-hydrogen) atoms. The van der Waals surface area contributed by atoms with Gasteiger partial charge in [-0.1, -0.05) is 6.92 Å². The Morgan fingerprint density at radius 3 is 2.50 bits per heavy atom. The van der Waals surface area contributed by atoms with Gasteiger partial charge in [0.1, 0.15) is 0 Å². The van der Waals surface area contributed by atoms with E-state index in [-0.39, 0.29) is 32.7 Å². The zero-order valence-corrected chi connectivity index (χ0v) is 9.53. The van der Waals surface area contributed by atoms with Crippen LogP contribution in [0, 0.1) is 16.7 Å². The molecule has 0 fully saturated rings. The van der Waals surface area contributed by atoms with E-state index in [1.54, 1.807) is 0 Å². The summed E-state index contributed by atoms with van der Waals surface area (Å²) < 4.78 is 1.25. The average molecular weight is 295 g/mol. The van der Waals surface area contributed by atoms with Gasteiger partial charge in [-0.2, -0.15) is 0 Å². The van der Waals surface area contributed by atoms with Crippen LogP contribution < -0.4 is 0 Å². The molecule has 0 amide bonds. The van der Waals surface area contributed by atoms with Gasteiger partial charge >= 0.3 is 0 Å². The van der Waals surface area contributed by atoms with Crippen molar-refractivity contribution in [2.75, 3.05) is 0 Å². The maximum absolute atomic E-state index is 2.94. The van der Waals surface area contributed by atoms with Crippen molar-refractivity contribution in [3.05, 3.63) is 21.5 Å². The van der Waals surface area contributed by atoms with E-state index in [1.165, 1.54) is 9.13 Å². The summed E-state index contributed by atoms with van der Waals surface area (Å²) >= 11 is 2.26. The van der Waals surface area contributed by atoms with Crippen molar-refractivity contribution in [1.82, 2.24) is 4.98 Å². The minimum Gasteiger partial charge on any atom is -0.483 e. The van der Waals surface area contributed by atoms with Crippen LogP contribution >= 0.6 is 22.6 Å². The van der Waals surface area contributed by atoms with Gasteiger partial charge in [-0.3, -0.25) is 0 Å². The van der Waals surface area contributed by atoms with Crippen LogP contribution in [0.25, 0.3) is 0 Å². The molecule has 0 aromatic carbocycles. The molecule has 0 spiro atoms. The van der Waals surface area contributed by atoms with Crippen LogP contribution in [0.1, 0.15) is 5.56 Å². The Hall–Kier alpha value is 1.11. The van der Waals surface area contributed by atoms with Gasteiger partial charge in [0.15, 0.2) is 0 Å². The maximum atomic E-state index is 2.94. The molecule has 0 aliphatic rings. The molecule has 0 bridgehead atoms.